The molecule has 4 nitrogen and oxygen atoms in total. The number of nitrogens with zero attached hydrogens (tertiary/aromatic N) is 2. The average molecular weight is 340 g/mol. The smallest absolute Gasteiger partial charge is 0.276 e. The van der Waals surface area contributed by atoms with Crippen LogP contribution in [-0.4, -0.2) is 16.0 Å². The van der Waals surface area contributed by atoms with Crippen molar-refractivity contribution < 1.29 is 4.42 Å². The number of aromatic nitrogens is 2. The first kappa shape index (κ1) is 18.7. The third kappa shape index (κ3) is 5.48. The summed E-state index contributed by atoms with van der Waals surface area (Å²) in [6.45, 7) is 4.19. The van der Waals surface area contributed by atoms with Crippen molar-refractivity contribution in [1.82, 2.24) is 10.2 Å². The highest BCUT2D eigenvalue weighted by Crippen LogP contribution is 2.24. The van der Waals surface area contributed by atoms with Crippen LogP contribution < -0.4 is 5.73 Å². The number of thioether (sulfide) groups is 1. The van der Waals surface area contributed by atoms with Crippen LogP contribution in [0, 0.1) is 5.92 Å². The lowest BCUT2D eigenvalue weighted by Crippen LogP contribution is -2.18. The highest BCUT2D eigenvalue weighted by molar-refractivity contribution is 7.99. The fourth-order valence-electron chi connectivity index (χ4n) is 1.78. The van der Waals surface area contributed by atoms with Crippen LogP contribution in [0.1, 0.15) is 37.8 Å². The number of hydrogen-bond donors (Lipinski definition) is 1. The zero-order valence-corrected chi connectivity index (χ0v) is 14.4. The fourth-order valence-corrected chi connectivity index (χ4v) is 2.36. The number of hydrogen-bond acceptors (Lipinski definition) is 5. The minimum atomic E-state index is -0.184. The predicted molar refractivity (Wildman–Crippen MR) is 94.1 cm³/mol. The monoisotopic (exact) mass is 339 g/mol. The summed E-state index contributed by atoms with van der Waals surface area (Å²) in [5.74, 6) is 1.65. The molecule has 0 saturated heterocycles. The number of nitrogens with two attached hydrogens (primary N) is 1. The molecule has 120 valence electrons. The molecule has 2 atom stereocenters. The molecule has 0 fully saturated rings. The van der Waals surface area contributed by atoms with E-state index in [1.54, 1.807) is 0 Å². The third-order valence-corrected chi connectivity index (χ3v) is 4.15. The highest BCUT2D eigenvalue weighted by atomic mass is 35.5. The Morgan fingerprint density at radius 2 is 2.00 bits per heavy atom. The molecule has 0 aliphatic carbocycles. The van der Waals surface area contributed by atoms with Gasteiger partial charge < -0.3 is 10.2 Å². The van der Waals surface area contributed by atoms with Crippen LogP contribution >= 0.6 is 24.2 Å². The summed E-state index contributed by atoms with van der Waals surface area (Å²) in [7, 11) is 0. The maximum absolute atomic E-state index is 6.07. The molecule has 0 radical (unpaired) electrons. The number of rotatable bonds is 7. The summed E-state index contributed by atoms with van der Waals surface area (Å²) >= 11 is 1.51. The standard InChI is InChI=1S/C16H21N3OS.ClH/c1-3-12(2)14(17)15-18-19-16(20-15)21-11-7-10-13-8-5-4-6-9-13;/h4-10,12,14H,3,11,17H2,1-2H3;1H/b10-7+;/t12?,14-;/m0./s1. The van der Waals surface area contributed by atoms with Gasteiger partial charge in [0.2, 0.25) is 5.89 Å². The molecular formula is C16H22ClN3OS. The summed E-state index contributed by atoms with van der Waals surface area (Å²) in [5, 5.41) is 8.64. The van der Waals surface area contributed by atoms with Gasteiger partial charge in [0.15, 0.2) is 0 Å². The summed E-state index contributed by atoms with van der Waals surface area (Å²) in [4.78, 5) is 0. The van der Waals surface area contributed by atoms with E-state index < -0.39 is 0 Å². The van der Waals surface area contributed by atoms with Gasteiger partial charge in [0.05, 0.1) is 6.04 Å². The molecular weight excluding hydrogens is 318 g/mol. The van der Waals surface area contributed by atoms with Crippen molar-refractivity contribution in [3.05, 3.63) is 47.9 Å². The molecule has 22 heavy (non-hydrogen) atoms. The van der Waals surface area contributed by atoms with Crippen molar-refractivity contribution in [3.8, 4) is 0 Å². The molecule has 0 amide bonds. The van der Waals surface area contributed by atoms with E-state index >= 15 is 0 Å². The van der Waals surface area contributed by atoms with Gasteiger partial charge in [-0.3, -0.25) is 0 Å². The predicted octanol–water partition coefficient (Wildman–Crippen LogP) is 4.34. The lowest BCUT2D eigenvalue weighted by molar-refractivity contribution is 0.333. The van der Waals surface area contributed by atoms with Crippen molar-refractivity contribution in [1.29, 1.82) is 0 Å². The van der Waals surface area contributed by atoms with Gasteiger partial charge in [-0.15, -0.1) is 22.6 Å². The topological polar surface area (TPSA) is 64.9 Å². The Morgan fingerprint density at radius 3 is 2.68 bits per heavy atom. The molecule has 2 rings (SSSR count). The van der Waals surface area contributed by atoms with Gasteiger partial charge in [-0.05, 0) is 11.5 Å². The fraction of sp³-hybridized carbons (Fsp3) is 0.375. The number of halogens is 1. The largest absolute Gasteiger partial charge is 0.414 e. The molecule has 1 heterocycles. The van der Waals surface area contributed by atoms with Crippen LogP contribution in [-0.2, 0) is 0 Å². The van der Waals surface area contributed by atoms with Crippen LogP contribution in [0.5, 0.6) is 0 Å². The Morgan fingerprint density at radius 1 is 1.27 bits per heavy atom. The normalized spacial score (nSPS) is 13.8. The first-order valence-electron chi connectivity index (χ1n) is 7.14. The van der Waals surface area contributed by atoms with Gasteiger partial charge in [0, 0.05) is 5.75 Å². The van der Waals surface area contributed by atoms with E-state index in [1.807, 2.05) is 18.2 Å². The summed E-state index contributed by atoms with van der Waals surface area (Å²) in [5.41, 5.74) is 7.26. The first-order valence-corrected chi connectivity index (χ1v) is 8.12. The molecule has 2 N–H and O–H groups in total. The molecule has 0 bridgehead atoms. The van der Waals surface area contributed by atoms with Crippen LogP contribution in [0.2, 0.25) is 0 Å². The molecule has 2 aromatic rings. The average Bonchev–Trinajstić information content (AvgIpc) is 3.00. The van der Waals surface area contributed by atoms with Gasteiger partial charge in [-0.2, -0.15) is 0 Å². The molecule has 0 saturated carbocycles. The molecule has 1 unspecified atom stereocenters. The van der Waals surface area contributed by atoms with E-state index in [9.17, 15) is 0 Å². The van der Waals surface area contributed by atoms with Gasteiger partial charge in [0.25, 0.3) is 5.22 Å². The Balaban J connectivity index is 0.00000242. The van der Waals surface area contributed by atoms with Crippen molar-refractivity contribution in [3.63, 3.8) is 0 Å². The Hall–Kier alpha value is -1.30. The van der Waals surface area contributed by atoms with E-state index in [1.165, 1.54) is 17.3 Å². The second-order valence-electron chi connectivity index (χ2n) is 4.94. The Labute approximate surface area is 142 Å². The number of benzene rings is 1. The van der Waals surface area contributed by atoms with E-state index in [0.29, 0.717) is 17.0 Å². The van der Waals surface area contributed by atoms with Crippen LogP contribution in [0.15, 0.2) is 46.0 Å². The summed E-state index contributed by atoms with van der Waals surface area (Å²) in [6, 6.07) is 10.00. The molecule has 1 aromatic carbocycles. The zero-order chi connectivity index (χ0) is 15.1. The minimum Gasteiger partial charge on any atom is -0.414 e. The Kier molecular flexibility index (Phi) is 8.24. The van der Waals surface area contributed by atoms with Gasteiger partial charge >= 0.3 is 0 Å². The maximum Gasteiger partial charge on any atom is 0.276 e. The highest BCUT2D eigenvalue weighted by Gasteiger charge is 2.19. The lowest BCUT2D eigenvalue weighted by Gasteiger charge is -2.13. The zero-order valence-electron chi connectivity index (χ0n) is 12.8. The van der Waals surface area contributed by atoms with Gasteiger partial charge in [-0.1, -0.05) is 74.5 Å². The lowest BCUT2D eigenvalue weighted by atomic mass is 10.0. The van der Waals surface area contributed by atoms with Crippen molar-refractivity contribution in [2.24, 2.45) is 11.7 Å². The van der Waals surface area contributed by atoms with Crippen LogP contribution in [0.4, 0.5) is 0 Å². The van der Waals surface area contributed by atoms with Crippen molar-refractivity contribution >= 4 is 30.2 Å². The second kappa shape index (κ2) is 9.66. The van der Waals surface area contributed by atoms with Crippen LogP contribution in [0.3, 0.4) is 0 Å². The van der Waals surface area contributed by atoms with E-state index in [0.717, 1.165) is 12.2 Å². The molecule has 0 aliphatic heterocycles. The SMILES string of the molecule is CCC(C)[C@H](N)c1nnc(SC/C=C/c2ccccc2)o1.Cl. The Bertz CT molecular complexity index is 574. The maximum atomic E-state index is 6.07. The molecule has 0 spiro atoms. The van der Waals surface area contributed by atoms with Crippen LogP contribution in [0.25, 0.3) is 6.08 Å². The van der Waals surface area contributed by atoms with Gasteiger partial charge in [0.1, 0.15) is 0 Å². The molecule has 1 aromatic heterocycles. The second-order valence-corrected chi connectivity index (χ2v) is 5.91. The first-order chi connectivity index (χ1) is 10.2. The summed E-state index contributed by atoms with van der Waals surface area (Å²) in [6.07, 6.45) is 5.15. The van der Waals surface area contributed by atoms with E-state index in [-0.39, 0.29) is 18.4 Å². The van der Waals surface area contributed by atoms with Crippen molar-refractivity contribution in [2.75, 3.05) is 5.75 Å². The van der Waals surface area contributed by atoms with E-state index in [4.69, 9.17) is 10.2 Å². The van der Waals surface area contributed by atoms with Crippen molar-refractivity contribution in [2.45, 2.75) is 31.5 Å². The molecule has 6 heteroatoms. The van der Waals surface area contributed by atoms with Gasteiger partial charge in [-0.25, -0.2) is 0 Å². The third-order valence-electron chi connectivity index (χ3n) is 3.38. The quantitative estimate of drug-likeness (QED) is 0.760. The van der Waals surface area contributed by atoms with E-state index in [2.05, 4.69) is 48.3 Å². The minimum absolute atomic E-state index is 0. The molecule has 0 aliphatic rings. The summed E-state index contributed by atoms with van der Waals surface area (Å²) < 4.78 is 5.60.